The second-order valence-corrected chi connectivity index (χ2v) is 8.34. The summed E-state index contributed by atoms with van der Waals surface area (Å²) < 4.78 is 1.07. The Labute approximate surface area is 164 Å². The van der Waals surface area contributed by atoms with Crippen molar-refractivity contribution in [3.8, 4) is 0 Å². The molecule has 2 aromatic carbocycles. The molecule has 1 fully saturated rings. The van der Waals surface area contributed by atoms with E-state index in [2.05, 4.69) is 77.1 Å². The number of hydrogen-bond acceptors (Lipinski definition) is 2. The molecule has 0 spiro atoms. The van der Waals surface area contributed by atoms with Crippen molar-refractivity contribution in [3.05, 3.63) is 69.7 Å². The highest BCUT2D eigenvalue weighted by Crippen LogP contribution is 2.34. The zero-order valence-corrected chi connectivity index (χ0v) is 16.9. The highest BCUT2D eigenvalue weighted by atomic mass is 79.9. The van der Waals surface area contributed by atoms with E-state index >= 15 is 0 Å². The van der Waals surface area contributed by atoms with Gasteiger partial charge in [0.15, 0.2) is 0 Å². The molecule has 0 saturated carbocycles. The lowest BCUT2D eigenvalue weighted by atomic mass is 9.90. The van der Waals surface area contributed by atoms with Gasteiger partial charge in [-0.05, 0) is 60.7 Å². The van der Waals surface area contributed by atoms with Crippen LogP contribution in [-0.4, -0.2) is 29.1 Å². The summed E-state index contributed by atoms with van der Waals surface area (Å²) in [5, 5.41) is 9.29. The fourth-order valence-corrected chi connectivity index (χ4v) is 4.18. The second-order valence-electron chi connectivity index (χ2n) is 7.43. The first-order valence-electron chi connectivity index (χ1n) is 9.28. The molecule has 1 atom stereocenters. The predicted octanol–water partition coefficient (Wildman–Crippen LogP) is 5.46. The van der Waals surface area contributed by atoms with Crippen molar-refractivity contribution in [1.29, 1.82) is 0 Å². The molecule has 1 aliphatic rings. The molecule has 1 heterocycles. The molecule has 3 rings (SSSR count). The molecular formula is C22H26BrNO2. The van der Waals surface area contributed by atoms with Gasteiger partial charge in [0.25, 0.3) is 0 Å². The third-order valence-electron chi connectivity index (χ3n) is 5.33. The first kappa shape index (κ1) is 19.1. The molecule has 138 valence electrons. The van der Waals surface area contributed by atoms with Gasteiger partial charge in [-0.25, -0.2) is 0 Å². The smallest absolute Gasteiger partial charge is 0.306 e. The van der Waals surface area contributed by atoms with Crippen LogP contribution >= 0.6 is 15.9 Å². The summed E-state index contributed by atoms with van der Waals surface area (Å²) in [6.45, 7) is 6.02. The lowest BCUT2D eigenvalue weighted by molar-refractivity contribution is -0.143. The maximum Gasteiger partial charge on any atom is 0.306 e. The number of carbonyl (C=O) groups is 1. The Morgan fingerprint density at radius 3 is 2.19 bits per heavy atom. The standard InChI is InChI=1S/C22H26BrNO2/c1-15(2)16-6-8-17(9-7-16)21(19-4-3-5-20(23)14-19)24-12-10-18(11-13-24)22(25)26/h3-9,14-15,18,21H,10-13H2,1-2H3,(H,25,26). The van der Waals surface area contributed by atoms with Gasteiger partial charge in [0.1, 0.15) is 0 Å². The Morgan fingerprint density at radius 1 is 1.04 bits per heavy atom. The molecule has 0 radical (unpaired) electrons. The van der Waals surface area contributed by atoms with Crippen molar-refractivity contribution in [2.24, 2.45) is 5.92 Å². The molecule has 2 aromatic rings. The van der Waals surface area contributed by atoms with Crippen molar-refractivity contribution < 1.29 is 9.90 Å². The van der Waals surface area contributed by atoms with Crippen LogP contribution < -0.4 is 0 Å². The molecule has 0 aromatic heterocycles. The fourth-order valence-electron chi connectivity index (χ4n) is 3.76. The number of benzene rings is 2. The summed E-state index contributed by atoms with van der Waals surface area (Å²) >= 11 is 3.59. The molecule has 0 aliphatic carbocycles. The lowest BCUT2D eigenvalue weighted by Gasteiger charge is -2.37. The first-order valence-corrected chi connectivity index (χ1v) is 10.1. The third kappa shape index (κ3) is 4.36. The average Bonchev–Trinajstić information content (AvgIpc) is 2.63. The normalized spacial score (nSPS) is 17.4. The molecule has 1 N–H and O–H groups in total. The highest BCUT2D eigenvalue weighted by molar-refractivity contribution is 9.10. The van der Waals surface area contributed by atoms with E-state index in [0.717, 1.165) is 17.6 Å². The largest absolute Gasteiger partial charge is 0.481 e. The van der Waals surface area contributed by atoms with Crippen LogP contribution in [0.15, 0.2) is 53.0 Å². The zero-order valence-electron chi connectivity index (χ0n) is 15.4. The van der Waals surface area contributed by atoms with E-state index in [9.17, 15) is 9.90 Å². The first-order chi connectivity index (χ1) is 12.5. The summed E-state index contributed by atoms with van der Waals surface area (Å²) in [7, 11) is 0. The van der Waals surface area contributed by atoms with Gasteiger partial charge in [-0.2, -0.15) is 0 Å². The Balaban J connectivity index is 1.91. The molecule has 0 amide bonds. The van der Waals surface area contributed by atoms with Crippen LogP contribution in [0.1, 0.15) is 55.3 Å². The van der Waals surface area contributed by atoms with E-state index in [1.807, 2.05) is 6.07 Å². The minimum atomic E-state index is -0.662. The van der Waals surface area contributed by atoms with Gasteiger partial charge in [-0.1, -0.05) is 66.2 Å². The van der Waals surface area contributed by atoms with E-state index in [0.29, 0.717) is 18.8 Å². The lowest BCUT2D eigenvalue weighted by Crippen LogP contribution is -2.39. The third-order valence-corrected chi connectivity index (χ3v) is 5.82. The number of carboxylic acid groups (broad SMARTS) is 1. The Bertz CT molecular complexity index is 749. The Morgan fingerprint density at radius 2 is 1.65 bits per heavy atom. The van der Waals surface area contributed by atoms with Crippen LogP contribution in [0.3, 0.4) is 0 Å². The fraction of sp³-hybridized carbons (Fsp3) is 0.409. The van der Waals surface area contributed by atoms with Crippen LogP contribution in [0.2, 0.25) is 0 Å². The number of nitrogens with zero attached hydrogens (tertiary/aromatic N) is 1. The molecule has 1 saturated heterocycles. The topological polar surface area (TPSA) is 40.5 Å². The van der Waals surface area contributed by atoms with Gasteiger partial charge in [0.2, 0.25) is 0 Å². The SMILES string of the molecule is CC(C)c1ccc(C(c2cccc(Br)c2)N2CCC(C(=O)O)CC2)cc1. The van der Waals surface area contributed by atoms with Gasteiger partial charge in [-0.3, -0.25) is 9.69 Å². The number of hydrogen-bond donors (Lipinski definition) is 1. The summed E-state index contributed by atoms with van der Waals surface area (Å²) in [4.78, 5) is 13.7. The Hall–Kier alpha value is -1.65. The quantitative estimate of drug-likeness (QED) is 0.704. The van der Waals surface area contributed by atoms with E-state index in [1.54, 1.807) is 0 Å². The van der Waals surface area contributed by atoms with Crippen molar-refractivity contribution in [1.82, 2.24) is 4.90 Å². The molecule has 3 nitrogen and oxygen atoms in total. The van der Waals surface area contributed by atoms with Gasteiger partial charge in [0, 0.05) is 4.47 Å². The van der Waals surface area contributed by atoms with Crippen molar-refractivity contribution in [2.75, 3.05) is 13.1 Å². The number of aliphatic carboxylic acids is 1. The number of likely N-dealkylation sites (tertiary alicyclic amines) is 1. The Kier molecular flexibility index (Phi) is 6.15. The maximum absolute atomic E-state index is 11.3. The molecule has 0 bridgehead atoms. The van der Waals surface area contributed by atoms with Crippen LogP contribution in [0.4, 0.5) is 0 Å². The van der Waals surface area contributed by atoms with E-state index < -0.39 is 5.97 Å². The van der Waals surface area contributed by atoms with Crippen LogP contribution in [0.25, 0.3) is 0 Å². The summed E-state index contributed by atoms with van der Waals surface area (Å²) in [5.74, 6) is -0.359. The predicted molar refractivity (Wildman–Crippen MR) is 108 cm³/mol. The van der Waals surface area contributed by atoms with Gasteiger partial charge >= 0.3 is 5.97 Å². The van der Waals surface area contributed by atoms with E-state index in [-0.39, 0.29) is 12.0 Å². The van der Waals surface area contributed by atoms with Gasteiger partial charge < -0.3 is 5.11 Å². The molecule has 26 heavy (non-hydrogen) atoms. The van der Waals surface area contributed by atoms with Crippen LogP contribution in [0.5, 0.6) is 0 Å². The number of halogens is 1. The van der Waals surface area contributed by atoms with Crippen LogP contribution in [0, 0.1) is 5.92 Å². The van der Waals surface area contributed by atoms with E-state index in [1.165, 1.54) is 16.7 Å². The monoisotopic (exact) mass is 415 g/mol. The second kappa shape index (κ2) is 8.36. The zero-order chi connectivity index (χ0) is 18.7. The highest BCUT2D eigenvalue weighted by Gasteiger charge is 2.30. The molecule has 1 unspecified atom stereocenters. The maximum atomic E-state index is 11.3. The van der Waals surface area contributed by atoms with E-state index in [4.69, 9.17) is 0 Å². The number of rotatable bonds is 5. The van der Waals surface area contributed by atoms with Crippen LogP contribution in [-0.2, 0) is 4.79 Å². The molecule has 4 heteroatoms. The van der Waals surface area contributed by atoms with Gasteiger partial charge in [0.05, 0.1) is 12.0 Å². The summed E-state index contributed by atoms with van der Waals surface area (Å²) in [5.41, 5.74) is 3.85. The molecular weight excluding hydrogens is 390 g/mol. The number of piperidine rings is 1. The number of carboxylic acids is 1. The molecule has 1 aliphatic heterocycles. The van der Waals surface area contributed by atoms with Crippen molar-refractivity contribution in [3.63, 3.8) is 0 Å². The average molecular weight is 416 g/mol. The summed E-state index contributed by atoms with van der Waals surface area (Å²) in [6.07, 6.45) is 1.42. The van der Waals surface area contributed by atoms with Crippen molar-refractivity contribution >= 4 is 21.9 Å². The van der Waals surface area contributed by atoms with Crippen molar-refractivity contribution in [2.45, 2.75) is 38.6 Å². The minimum Gasteiger partial charge on any atom is -0.481 e. The minimum absolute atomic E-state index is 0.156. The summed E-state index contributed by atoms with van der Waals surface area (Å²) in [6, 6.07) is 17.5. The van der Waals surface area contributed by atoms with Gasteiger partial charge in [-0.15, -0.1) is 0 Å².